The second kappa shape index (κ2) is 6.11. The Bertz CT molecular complexity index is 859. The first-order valence-corrected chi connectivity index (χ1v) is 8.55. The van der Waals surface area contributed by atoms with E-state index in [9.17, 15) is 0 Å². The van der Waals surface area contributed by atoms with Crippen molar-refractivity contribution in [3.8, 4) is 0 Å². The standard InChI is InChI=1S/C17H21ClN6/c1-21-6-5-19-17(21)24-9-7-23(8-10-24)12-16-20-14-4-3-13(18)11-15(14)22(16)2/h3-6,11H,7-10,12H2,1-2H3. The Hall–Kier alpha value is -2.05. The van der Waals surface area contributed by atoms with Crippen molar-refractivity contribution in [2.75, 3.05) is 31.1 Å². The highest BCUT2D eigenvalue weighted by Crippen LogP contribution is 2.21. The Morgan fingerprint density at radius 1 is 1.12 bits per heavy atom. The van der Waals surface area contributed by atoms with E-state index in [1.165, 1.54) is 0 Å². The predicted molar refractivity (Wildman–Crippen MR) is 96.4 cm³/mol. The number of fused-ring (bicyclic) bond motifs is 1. The Kier molecular flexibility index (Phi) is 3.94. The maximum absolute atomic E-state index is 6.10. The molecule has 3 heterocycles. The van der Waals surface area contributed by atoms with Crippen molar-refractivity contribution in [2.45, 2.75) is 6.54 Å². The molecule has 0 atom stereocenters. The molecule has 1 aliphatic heterocycles. The molecule has 24 heavy (non-hydrogen) atoms. The lowest BCUT2D eigenvalue weighted by Gasteiger charge is -2.34. The lowest BCUT2D eigenvalue weighted by atomic mass is 10.3. The van der Waals surface area contributed by atoms with Crippen molar-refractivity contribution in [1.82, 2.24) is 24.0 Å². The van der Waals surface area contributed by atoms with E-state index in [0.29, 0.717) is 0 Å². The molecule has 7 heteroatoms. The molecule has 126 valence electrons. The summed E-state index contributed by atoms with van der Waals surface area (Å²) in [7, 11) is 4.10. The molecule has 3 aromatic rings. The number of nitrogens with zero attached hydrogens (tertiary/aromatic N) is 6. The van der Waals surface area contributed by atoms with Crippen molar-refractivity contribution in [1.29, 1.82) is 0 Å². The van der Waals surface area contributed by atoms with Crippen molar-refractivity contribution >= 4 is 28.6 Å². The van der Waals surface area contributed by atoms with E-state index in [1.54, 1.807) is 0 Å². The minimum atomic E-state index is 0.751. The predicted octanol–water partition coefficient (Wildman–Crippen LogP) is 2.28. The molecule has 0 radical (unpaired) electrons. The summed E-state index contributed by atoms with van der Waals surface area (Å²) in [5.74, 6) is 2.13. The van der Waals surface area contributed by atoms with Crippen LogP contribution in [0.25, 0.3) is 11.0 Å². The van der Waals surface area contributed by atoms with Gasteiger partial charge in [-0.2, -0.15) is 0 Å². The second-order valence-corrected chi connectivity index (χ2v) is 6.76. The molecule has 6 nitrogen and oxygen atoms in total. The van der Waals surface area contributed by atoms with Crippen LogP contribution in [0.1, 0.15) is 5.82 Å². The Labute approximate surface area is 146 Å². The van der Waals surface area contributed by atoms with Gasteiger partial charge in [0.05, 0.1) is 17.6 Å². The number of aromatic nitrogens is 4. The van der Waals surface area contributed by atoms with Crippen molar-refractivity contribution in [3.05, 3.63) is 41.4 Å². The van der Waals surface area contributed by atoms with Gasteiger partial charge in [0, 0.05) is 57.7 Å². The summed E-state index contributed by atoms with van der Waals surface area (Å²) in [4.78, 5) is 14.0. The maximum atomic E-state index is 6.10. The van der Waals surface area contributed by atoms with E-state index in [-0.39, 0.29) is 0 Å². The number of halogens is 1. The molecule has 0 aliphatic carbocycles. The Morgan fingerprint density at radius 3 is 2.62 bits per heavy atom. The normalized spacial score (nSPS) is 16.2. The van der Waals surface area contributed by atoms with Gasteiger partial charge in [-0.3, -0.25) is 4.90 Å². The largest absolute Gasteiger partial charge is 0.340 e. The van der Waals surface area contributed by atoms with E-state index in [4.69, 9.17) is 16.6 Å². The Morgan fingerprint density at radius 2 is 1.92 bits per heavy atom. The van der Waals surface area contributed by atoms with Gasteiger partial charge in [-0.1, -0.05) is 11.6 Å². The third kappa shape index (κ3) is 2.76. The monoisotopic (exact) mass is 344 g/mol. The number of imidazole rings is 2. The van der Waals surface area contributed by atoms with Crippen LogP contribution < -0.4 is 4.90 Å². The van der Waals surface area contributed by atoms with Gasteiger partial charge >= 0.3 is 0 Å². The molecule has 4 rings (SSSR count). The first kappa shape index (κ1) is 15.5. The highest BCUT2D eigenvalue weighted by atomic mass is 35.5. The number of hydrogen-bond donors (Lipinski definition) is 0. The topological polar surface area (TPSA) is 42.1 Å². The van der Waals surface area contributed by atoms with Gasteiger partial charge < -0.3 is 14.0 Å². The quantitative estimate of drug-likeness (QED) is 0.731. The van der Waals surface area contributed by atoms with Crippen molar-refractivity contribution < 1.29 is 0 Å². The van der Waals surface area contributed by atoms with Crippen LogP contribution in [0.4, 0.5) is 5.95 Å². The zero-order chi connectivity index (χ0) is 16.7. The lowest BCUT2D eigenvalue weighted by molar-refractivity contribution is 0.240. The summed E-state index contributed by atoms with van der Waals surface area (Å²) in [5, 5.41) is 0.751. The molecule has 0 spiro atoms. The first-order valence-electron chi connectivity index (χ1n) is 8.17. The fourth-order valence-electron chi connectivity index (χ4n) is 3.32. The number of aryl methyl sites for hydroxylation is 2. The van der Waals surface area contributed by atoms with Gasteiger partial charge in [0.25, 0.3) is 0 Å². The van der Waals surface area contributed by atoms with E-state index < -0.39 is 0 Å². The summed E-state index contributed by atoms with van der Waals surface area (Å²) >= 11 is 6.10. The average molecular weight is 345 g/mol. The van der Waals surface area contributed by atoms with Crippen LogP contribution in [-0.4, -0.2) is 50.2 Å². The SMILES string of the molecule is Cn1ccnc1N1CCN(Cc2nc3ccc(Cl)cc3n2C)CC1. The molecule has 1 aromatic carbocycles. The van der Waals surface area contributed by atoms with E-state index in [0.717, 1.165) is 60.6 Å². The molecule has 0 saturated carbocycles. The molecule has 1 saturated heterocycles. The zero-order valence-corrected chi connectivity index (χ0v) is 14.7. The number of hydrogen-bond acceptors (Lipinski definition) is 4. The van der Waals surface area contributed by atoms with Crippen LogP contribution >= 0.6 is 11.6 Å². The van der Waals surface area contributed by atoms with Crippen LogP contribution in [0.15, 0.2) is 30.6 Å². The fraction of sp³-hybridized carbons (Fsp3) is 0.412. The maximum Gasteiger partial charge on any atom is 0.205 e. The minimum absolute atomic E-state index is 0.751. The molecule has 0 N–H and O–H groups in total. The number of piperazine rings is 1. The van der Waals surface area contributed by atoms with E-state index in [2.05, 4.69) is 31.0 Å². The van der Waals surface area contributed by atoms with Gasteiger partial charge in [0.1, 0.15) is 5.82 Å². The zero-order valence-electron chi connectivity index (χ0n) is 14.0. The van der Waals surface area contributed by atoms with E-state index in [1.807, 2.05) is 37.6 Å². The van der Waals surface area contributed by atoms with E-state index >= 15 is 0 Å². The Balaban J connectivity index is 1.46. The first-order chi connectivity index (χ1) is 11.6. The van der Waals surface area contributed by atoms with Gasteiger partial charge in [-0.05, 0) is 18.2 Å². The van der Waals surface area contributed by atoms with Crippen LogP contribution in [0.5, 0.6) is 0 Å². The van der Waals surface area contributed by atoms with Crippen LogP contribution in [-0.2, 0) is 20.6 Å². The third-order valence-corrected chi connectivity index (χ3v) is 4.99. The van der Waals surface area contributed by atoms with Crippen molar-refractivity contribution in [3.63, 3.8) is 0 Å². The highest BCUT2D eigenvalue weighted by molar-refractivity contribution is 6.31. The van der Waals surface area contributed by atoms with Crippen LogP contribution in [0.3, 0.4) is 0 Å². The summed E-state index contributed by atoms with van der Waals surface area (Å²) in [5.41, 5.74) is 2.09. The van der Waals surface area contributed by atoms with Gasteiger partial charge in [0.15, 0.2) is 0 Å². The van der Waals surface area contributed by atoms with Gasteiger partial charge in [-0.25, -0.2) is 9.97 Å². The second-order valence-electron chi connectivity index (χ2n) is 6.32. The number of benzene rings is 1. The molecule has 1 aliphatic rings. The summed E-state index contributed by atoms with van der Waals surface area (Å²) in [6.45, 7) is 4.85. The molecule has 0 unspecified atom stereocenters. The molecular weight excluding hydrogens is 324 g/mol. The minimum Gasteiger partial charge on any atom is -0.340 e. The number of anilines is 1. The van der Waals surface area contributed by atoms with Gasteiger partial charge in [-0.15, -0.1) is 0 Å². The summed E-state index contributed by atoms with van der Waals surface area (Å²) in [6, 6.07) is 5.86. The van der Waals surface area contributed by atoms with Crippen LogP contribution in [0.2, 0.25) is 5.02 Å². The van der Waals surface area contributed by atoms with Gasteiger partial charge in [0.2, 0.25) is 5.95 Å². The molecule has 2 aromatic heterocycles. The lowest BCUT2D eigenvalue weighted by Crippen LogP contribution is -2.47. The summed E-state index contributed by atoms with van der Waals surface area (Å²) < 4.78 is 4.22. The number of rotatable bonds is 3. The van der Waals surface area contributed by atoms with Crippen LogP contribution in [0, 0.1) is 0 Å². The molecule has 0 bridgehead atoms. The molecular formula is C17H21ClN6. The average Bonchev–Trinajstić information content (AvgIpc) is 3.13. The molecule has 1 fully saturated rings. The third-order valence-electron chi connectivity index (χ3n) is 4.75. The highest BCUT2D eigenvalue weighted by Gasteiger charge is 2.21. The molecule has 0 amide bonds. The summed E-state index contributed by atoms with van der Waals surface area (Å²) in [6.07, 6.45) is 3.85. The van der Waals surface area contributed by atoms with Crippen molar-refractivity contribution in [2.24, 2.45) is 14.1 Å². The fourth-order valence-corrected chi connectivity index (χ4v) is 3.49. The smallest absolute Gasteiger partial charge is 0.205 e.